The maximum absolute atomic E-state index is 3.90. The molecule has 2 rings (SSSR count). The van der Waals surface area contributed by atoms with Crippen LogP contribution < -0.4 is 10.6 Å². The molecule has 0 radical (unpaired) electrons. The van der Waals surface area contributed by atoms with Gasteiger partial charge in [-0.25, -0.2) is 0 Å². The molecule has 1 aliphatic heterocycles. The summed E-state index contributed by atoms with van der Waals surface area (Å²) in [4.78, 5) is 0. The van der Waals surface area contributed by atoms with E-state index in [4.69, 9.17) is 0 Å². The van der Waals surface area contributed by atoms with Crippen LogP contribution in [0.4, 0.5) is 0 Å². The highest BCUT2D eigenvalue weighted by molar-refractivity contribution is 4.85. The molecule has 2 aliphatic rings. The van der Waals surface area contributed by atoms with E-state index in [0.717, 1.165) is 23.9 Å². The SMILES string of the molecule is CC1CCCC(NC2CCNCC2C)C1. The molecule has 0 aromatic heterocycles. The summed E-state index contributed by atoms with van der Waals surface area (Å²) in [6.45, 7) is 7.17. The molecule has 0 aromatic rings. The lowest BCUT2D eigenvalue weighted by Crippen LogP contribution is -2.50. The van der Waals surface area contributed by atoms with Gasteiger partial charge in [-0.05, 0) is 44.2 Å². The first-order valence-corrected chi connectivity index (χ1v) is 6.72. The quantitative estimate of drug-likeness (QED) is 0.730. The summed E-state index contributed by atoms with van der Waals surface area (Å²) in [7, 11) is 0. The second-order valence-electron chi connectivity index (χ2n) is 5.71. The number of hydrogen-bond acceptors (Lipinski definition) is 2. The van der Waals surface area contributed by atoms with E-state index < -0.39 is 0 Å². The van der Waals surface area contributed by atoms with Crippen molar-refractivity contribution in [1.29, 1.82) is 0 Å². The summed E-state index contributed by atoms with van der Waals surface area (Å²) < 4.78 is 0. The van der Waals surface area contributed by atoms with Crippen molar-refractivity contribution in [2.45, 2.75) is 58.0 Å². The van der Waals surface area contributed by atoms with Crippen LogP contribution in [0.1, 0.15) is 46.0 Å². The Balaban J connectivity index is 1.79. The van der Waals surface area contributed by atoms with E-state index in [1.54, 1.807) is 0 Å². The third kappa shape index (κ3) is 3.18. The number of rotatable bonds is 2. The first-order chi connectivity index (χ1) is 7.25. The molecule has 1 saturated carbocycles. The van der Waals surface area contributed by atoms with Crippen molar-refractivity contribution in [1.82, 2.24) is 10.6 Å². The lowest BCUT2D eigenvalue weighted by molar-refractivity contribution is 0.224. The molecule has 88 valence electrons. The van der Waals surface area contributed by atoms with Crippen molar-refractivity contribution >= 4 is 0 Å². The highest BCUT2D eigenvalue weighted by Gasteiger charge is 2.25. The van der Waals surface area contributed by atoms with E-state index >= 15 is 0 Å². The van der Waals surface area contributed by atoms with Gasteiger partial charge in [-0.3, -0.25) is 0 Å². The van der Waals surface area contributed by atoms with Gasteiger partial charge in [-0.15, -0.1) is 0 Å². The number of hydrogen-bond donors (Lipinski definition) is 2. The van der Waals surface area contributed by atoms with Gasteiger partial charge in [-0.2, -0.15) is 0 Å². The van der Waals surface area contributed by atoms with Gasteiger partial charge in [0.25, 0.3) is 0 Å². The van der Waals surface area contributed by atoms with Crippen LogP contribution in [-0.4, -0.2) is 25.2 Å². The van der Waals surface area contributed by atoms with Crippen LogP contribution in [0.5, 0.6) is 0 Å². The Kier molecular flexibility index (Phi) is 4.04. The van der Waals surface area contributed by atoms with Crippen LogP contribution in [-0.2, 0) is 0 Å². The van der Waals surface area contributed by atoms with Crippen molar-refractivity contribution in [3.8, 4) is 0 Å². The minimum Gasteiger partial charge on any atom is -0.316 e. The van der Waals surface area contributed by atoms with E-state index in [1.165, 1.54) is 45.2 Å². The zero-order valence-corrected chi connectivity index (χ0v) is 10.3. The Morgan fingerprint density at radius 3 is 2.73 bits per heavy atom. The van der Waals surface area contributed by atoms with E-state index in [-0.39, 0.29) is 0 Å². The van der Waals surface area contributed by atoms with Gasteiger partial charge in [0.05, 0.1) is 0 Å². The molecule has 0 amide bonds. The molecule has 4 atom stereocenters. The van der Waals surface area contributed by atoms with Crippen molar-refractivity contribution in [2.24, 2.45) is 11.8 Å². The minimum absolute atomic E-state index is 0.765. The Morgan fingerprint density at radius 1 is 1.13 bits per heavy atom. The highest BCUT2D eigenvalue weighted by Crippen LogP contribution is 2.25. The van der Waals surface area contributed by atoms with Crippen molar-refractivity contribution in [2.75, 3.05) is 13.1 Å². The van der Waals surface area contributed by atoms with Gasteiger partial charge in [0.2, 0.25) is 0 Å². The van der Waals surface area contributed by atoms with Crippen molar-refractivity contribution < 1.29 is 0 Å². The topological polar surface area (TPSA) is 24.1 Å². The van der Waals surface area contributed by atoms with Gasteiger partial charge in [0.15, 0.2) is 0 Å². The molecular formula is C13H26N2. The van der Waals surface area contributed by atoms with Gasteiger partial charge in [0, 0.05) is 12.1 Å². The Morgan fingerprint density at radius 2 is 2.00 bits per heavy atom. The predicted molar refractivity (Wildman–Crippen MR) is 65.0 cm³/mol. The van der Waals surface area contributed by atoms with Crippen LogP contribution in [0.3, 0.4) is 0 Å². The molecule has 1 aliphatic carbocycles. The van der Waals surface area contributed by atoms with Crippen LogP contribution in [0.25, 0.3) is 0 Å². The fourth-order valence-corrected chi connectivity index (χ4v) is 3.15. The maximum Gasteiger partial charge on any atom is 0.0119 e. The van der Waals surface area contributed by atoms with E-state index in [9.17, 15) is 0 Å². The van der Waals surface area contributed by atoms with Crippen LogP contribution in [0.2, 0.25) is 0 Å². The largest absolute Gasteiger partial charge is 0.316 e. The molecular weight excluding hydrogens is 184 g/mol. The fourth-order valence-electron chi connectivity index (χ4n) is 3.15. The molecule has 4 unspecified atom stereocenters. The van der Waals surface area contributed by atoms with Crippen molar-refractivity contribution in [3.05, 3.63) is 0 Å². The monoisotopic (exact) mass is 210 g/mol. The lowest BCUT2D eigenvalue weighted by atomic mass is 9.85. The molecule has 0 bridgehead atoms. The Bertz CT molecular complexity index is 193. The van der Waals surface area contributed by atoms with E-state index in [0.29, 0.717) is 0 Å². The minimum atomic E-state index is 0.765. The van der Waals surface area contributed by atoms with Gasteiger partial charge < -0.3 is 10.6 Å². The van der Waals surface area contributed by atoms with Gasteiger partial charge in [-0.1, -0.05) is 26.7 Å². The molecule has 2 heteroatoms. The summed E-state index contributed by atoms with van der Waals surface area (Å²) in [5, 5.41) is 7.37. The van der Waals surface area contributed by atoms with Gasteiger partial charge >= 0.3 is 0 Å². The average Bonchev–Trinajstić information content (AvgIpc) is 2.22. The molecule has 1 saturated heterocycles. The lowest BCUT2D eigenvalue weighted by Gasteiger charge is -2.36. The smallest absolute Gasteiger partial charge is 0.0119 e. The Labute approximate surface area is 94.2 Å². The summed E-state index contributed by atoms with van der Waals surface area (Å²) in [5.74, 6) is 1.74. The second-order valence-corrected chi connectivity index (χ2v) is 5.71. The van der Waals surface area contributed by atoms with Crippen LogP contribution in [0, 0.1) is 11.8 Å². The normalized spacial score (nSPS) is 42.8. The molecule has 15 heavy (non-hydrogen) atoms. The third-order valence-corrected chi connectivity index (χ3v) is 4.17. The molecule has 2 fully saturated rings. The first kappa shape index (κ1) is 11.4. The molecule has 1 heterocycles. The number of nitrogens with one attached hydrogen (secondary N) is 2. The summed E-state index contributed by atoms with van der Waals surface area (Å²) in [6.07, 6.45) is 6.99. The third-order valence-electron chi connectivity index (χ3n) is 4.17. The zero-order valence-electron chi connectivity index (χ0n) is 10.3. The summed E-state index contributed by atoms with van der Waals surface area (Å²) in [6, 6.07) is 1.57. The molecule has 2 N–H and O–H groups in total. The van der Waals surface area contributed by atoms with Crippen LogP contribution in [0.15, 0.2) is 0 Å². The second kappa shape index (κ2) is 5.31. The van der Waals surface area contributed by atoms with Crippen LogP contribution >= 0.6 is 0 Å². The fraction of sp³-hybridized carbons (Fsp3) is 1.00. The summed E-state index contributed by atoms with van der Waals surface area (Å²) >= 11 is 0. The average molecular weight is 210 g/mol. The number of piperidine rings is 1. The Hall–Kier alpha value is -0.0800. The predicted octanol–water partition coefficient (Wildman–Crippen LogP) is 2.15. The first-order valence-electron chi connectivity index (χ1n) is 6.72. The van der Waals surface area contributed by atoms with E-state index in [2.05, 4.69) is 24.5 Å². The molecule has 0 spiro atoms. The molecule has 2 nitrogen and oxygen atoms in total. The highest BCUT2D eigenvalue weighted by atomic mass is 15.0. The zero-order chi connectivity index (χ0) is 10.7. The maximum atomic E-state index is 3.90. The van der Waals surface area contributed by atoms with Gasteiger partial charge in [0.1, 0.15) is 0 Å². The molecule has 0 aromatic carbocycles. The van der Waals surface area contributed by atoms with E-state index in [1.807, 2.05) is 0 Å². The van der Waals surface area contributed by atoms with Crippen molar-refractivity contribution in [3.63, 3.8) is 0 Å². The summed E-state index contributed by atoms with van der Waals surface area (Å²) in [5.41, 5.74) is 0. The standard InChI is InChI=1S/C13H26N2/c1-10-4-3-5-12(8-10)15-13-6-7-14-9-11(13)2/h10-15H,3-9H2,1-2H3.